The molecule has 1 saturated heterocycles. The summed E-state index contributed by atoms with van der Waals surface area (Å²) in [7, 11) is 0. The maximum atomic E-state index is 11.2. The standard InChI is InChI=1S/C7H16N8O2.C2H6/c8-13-4(14-9)2-1-3-15(10)5-6(16)12-7(17)11-5;1-2/h5H,1-3,8-10H2,(H,13,14)(H2,11,12,16,17);1-2H3. The van der Waals surface area contributed by atoms with Crippen LogP contribution in [0.3, 0.4) is 0 Å². The maximum absolute atomic E-state index is 11.2. The molecule has 1 fully saturated rings. The minimum atomic E-state index is -0.841. The highest BCUT2D eigenvalue weighted by Crippen LogP contribution is 1.99. The Morgan fingerprint density at radius 1 is 1.47 bits per heavy atom. The van der Waals surface area contributed by atoms with Gasteiger partial charge in [0, 0.05) is 13.0 Å². The molecule has 0 radical (unpaired) electrons. The lowest BCUT2D eigenvalue weighted by atomic mass is 10.3. The van der Waals surface area contributed by atoms with E-state index in [9.17, 15) is 9.59 Å². The van der Waals surface area contributed by atoms with Crippen molar-refractivity contribution in [3.8, 4) is 0 Å². The normalized spacial score (nSPS) is 18.6. The number of carbonyl (C=O) groups excluding carboxylic acids is 2. The molecule has 0 bridgehead atoms. The Kier molecular flexibility index (Phi) is 8.17. The second-order valence-corrected chi connectivity index (χ2v) is 3.43. The van der Waals surface area contributed by atoms with Gasteiger partial charge in [-0.25, -0.2) is 15.6 Å². The number of rotatable bonds is 5. The molecule has 1 atom stereocenters. The zero-order chi connectivity index (χ0) is 14.8. The van der Waals surface area contributed by atoms with Crippen LogP contribution in [-0.4, -0.2) is 35.5 Å². The van der Waals surface area contributed by atoms with Crippen LogP contribution >= 0.6 is 0 Å². The Bertz CT molecular complexity index is 332. The van der Waals surface area contributed by atoms with Crippen molar-refractivity contribution in [1.82, 2.24) is 21.1 Å². The number of hydrogen-bond acceptors (Lipinski definition) is 7. The van der Waals surface area contributed by atoms with Gasteiger partial charge in [-0.15, -0.1) is 0 Å². The largest absolute Gasteiger partial charge is 0.323 e. The lowest BCUT2D eigenvalue weighted by molar-refractivity contribution is -0.124. The molecule has 0 aliphatic carbocycles. The number of amides is 3. The van der Waals surface area contributed by atoms with Crippen LogP contribution < -0.4 is 33.6 Å². The molecule has 1 rings (SSSR count). The van der Waals surface area contributed by atoms with Crippen LogP contribution in [0.4, 0.5) is 4.79 Å². The van der Waals surface area contributed by atoms with Gasteiger partial charge >= 0.3 is 6.03 Å². The SMILES string of the molecule is CC.N/N=C(/CCCN(N)C1NC(=O)NC1=O)NN. The number of hydrazine groups is 2. The fourth-order valence-electron chi connectivity index (χ4n) is 1.37. The van der Waals surface area contributed by atoms with Crippen molar-refractivity contribution >= 4 is 17.8 Å². The molecule has 110 valence electrons. The highest BCUT2D eigenvalue weighted by atomic mass is 16.2. The van der Waals surface area contributed by atoms with E-state index in [-0.39, 0.29) is 0 Å². The fourth-order valence-corrected chi connectivity index (χ4v) is 1.37. The lowest BCUT2D eigenvalue weighted by Gasteiger charge is -2.20. The number of hydrogen-bond donors (Lipinski definition) is 6. The molecule has 1 aliphatic heterocycles. The maximum Gasteiger partial charge on any atom is 0.323 e. The number of amidine groups is 1. The quantitative estimate of drug-likeness (QED) is 0.109. The summed E-state index contributed by atoms with van der Waals surface area (Å²) >= 11 is 0. The molecule has 9 N–H and O–H groups in total. The molecule has 10 heteroatoms. The van der Waals surface area contributed by atoms with E-state index in [1.54, 1.807) is 0 Å². The highest BCUT2D eigenvalue weighted by Gasteiger charge is 2.32. The summed E-state index contributed by atoms with van der Waals surface area (Å²) in [5, 5.41) is 9.09. The number of hydrazone groups is 1. The van der Waals surface area contributed by atoms with E-state index >= 15 is 0 Å². The van der Waals surface area contributed by atoms with Gasteiger partial charge in [0.15, 0.2) is 6.17 Å². The highest BCUT2D eigenvalue weighted by molar-refractivity contribution is 6.03. The molecule has 0 spiro atoms. The summed E-state index contributed by atoms with van der Waals surface area (Å²) in [6.07, 6.45) is 0.228. The van der Waals surface area contributed by atoms with E-state index in [0.717, 1.165) is 0 Å². The second-order valence-electron chi connectivity index (χ2n) is 3.43. The third-order valence-corrected chi connectivity index (χ3v) is 2.24. The Morgan fingerprint density at radius 2 is 2.11 bits per heavy atom. The summed E-state index contributed by atoms with van der Waals surface area (Å²) in [5.41, 5.74) is 2.33. The van der Waals surface area contributed by atoms with Crippen LogP contribution in [0.15, 0.2) is 5.10 Å². The van der Waals surface area contributed by atoms with Gasteiger partial charge in [-0.2, -0.15) is 5.10 Å². The number of nitrogens with zero attached hydrogens (tertiary/aromatic N) is 2. The first-order chi connectivity index (χ1) is 9.08. The Labute approximate surface area is 111 Å². The summed E-state index contributed by atoms with van der Waals surface area (Å²) < 4.78 is 0. The van der Waals surface area contributed by atoms with Crippen molar-refractivity contribution < 1.29 is 9.59 Å². The third-order valence-electron chi connectivity index (χ3n) is 2.24. The summed E-state index contributed by atoms with van der Waals surface area (Å²) in [5.74, 6) is 15.8. The number of carbonyl (C=O) groups is 2. The van der Waals surface area contributed by atoms with Crippen molar-refractivity contribution in [2.75, 3.05) is 6.54 Å². The molecule has 1 aliphatic rings. The van der Waals surface area contributed by atoms with Crippen LogP contribution in [0.25, 0.3) is 0 Å². The minimum absolute atomic E-state index is 0.374. The zero-order valence-corrected chi connectivity index (χ0v) is 11.1. The van der Waals surface area contributed by atoms with Gasteiger partial charge in [0.2, 0.25) is 0 Å². The molecule has 0 aromatic carbocycles. The average molecular weight is 274 g/mol. The molecule has 1 unspecified atom stereocenters. The Hall–Kier alpha value is -1.91. The summed E-state index contributed by atoms with van der Waals surface area (Å²) in [4.78, 5) is 22.1. The first-order valence-corrected chi connectivity index (χ1v) is 5.94. The summed E-state index contributed by atoms with van der Waals surface area (Å²) in [6, 6.07) is -0.553. The topological polar surface area (TPSA) is 164 Å². The number of nitrogens with one attached hydrogen (secondary N) is 3. The monoisotopic (exact) mass is 274 g/mol. The predicted molar refractivity (Wildman–Crippen MR) is 70.9 cm³/mol. The van der Waals surface area contributed by atoms with Crippen molar-refractivity contribution in [2.24, 2.45) is 22.6 Å². The van der Waals surface area contributed by atoms with Crippen LogP contribution in [0.1, 0.15) is 26.7 Å². The first kappa shape index (κ1) is 17.1. The molecular weight excluding hydrogens is 252 g/mol. The number of nitrogens with two attached hydrogens (primary N) is 3. The van der Waals surface area contributed by atoms with Gasteiger partial charge in [0.05, 0.1) is 0 Å². The van der Waals surface area contributed by atoms with Crippen molar-refractivity contribution in [2.45, 2.75) is 32.9 Å². The molecule has 10 nitrogen and oxygen atoms in total. The van der Waals surface area contributed by atoms with Crippen LogP contribution in [0, 0.1) is 0 Å². The lowest BCUT2D eigenvalue weighted by Crippen LogP contribution is -2.51. The van der Waals surface area contributed by atoms with Crippen LogP contribution in [0.2, 0.25) is 0 Å². The number of imide groups is 1. The van der Waals surface area contributed by atoms with E-state index in [4.69, 9.17) is 17.5 Å². The van der Waals surface area contributed by atoms with Gasteiger partial charge in [0.25, 0.3) is 5.91 Å². The van der Waals surface area contributed by atoms with Gasteiger partial charge in [0.1, 0.15) is 5.84 Å². The van der Waals surface area contributed by atoms with Gasteiger partial charge in [-0.3, -0.25) is 16.0 Å². The molecule has 19 heavy (non-hydrogen) atoms. The van der Waals surface area contributed by atoms with Crippen LogP contribution in [0.5, 0.6) is 0 Å². The van der Waals surface area contributed by atoms with E-state index < -0.39 is 18.1 Å². The second kappa shape index (κ2) is 9.08. The molecule has 0 saturated carbocycles. The van der Waals surface area contributed by atoms with E-state index in [0.29, 0.717) is 25.2 Å². The molecular formula is C9H22N8O2. The van der Waals surface area contributed by atoms with Crippen molar-refractivity contribution in [1.29, 1.82) is 0 Å². The molecule has 0 aromatic heterocycles. The molecule has 3 amide bonds. The fraction of sp³-hybridized carbons (Fsp3) is 0.667. The number of urea groups is 1. The van der Waals surface area contributed by atoms with Crippen molar-refractivity contribution in [3.05, 3.63) is 0 Å². The first-order valence-electron chi connectivity index (χ1n) is 5.94. The third kappa shape index (κ3) is 5.50. The smallest absolute Gasteiger partial charge is 0.322 e. The van der Waals surface area contributed by atoms with Gasteiger partial charge < -0.3 is 16.6 Å². The van der Waals surface area contributed by atoms with E-state index in [2.05, 4.69) is 21.2 Å². The Morgan fingerprint density at radius 3 is 2.53 bits per heavy atom. The molecule has 0 aromatic rings. The predicted octanol–water partition coefficient (Wildman–Crippen LogP) is -2.13. The van der Waals surface area contributed by atoms with Gasteiger partial charge in [-0.1, -0.05) is 13.8 Å². The van der Waals surface area contributed by atoms with Gasteiger partial charge in [-0.05, 0) is 6.42 Å². The van der Waals surface area contributed by atoms with E-state index in [1.807, 2.05) is 13.8 Å². The minimum Gasteiger partial charge on any atom is -0.322 e. The Balaban J connectivity index is 0.00000154. The average Bonchev–Trinajstić information content (AvgIpc) is 2.76. The van der Waals surface area contributed by atoms with Crippen LogP contribution in [-0.2, 0) is 4.79 Å². The molecule has 1 heterocycles. The van der Waals surface area contributed by atoms with Crippen molar-refractivity contribution in [3.63, 3.8) is 0 Å². The van der Waals surface area contributed by atoms with E-state index in [1.165, 1.54) is 5.01 Å². The summed E-state index contributed by atoms with van der Waals surface area (Å²) in [6.45, 7) is 4.37. The zero-order valence-electron chi connectivity index (χ0n) is 11.1.